The van der Waals surface area contributed by atoms with Gasteiger partial charge in [-0.1, -0.05) is 40.9 Å². The van der Waals surface area contributed by atoms with Crippen molar-refractivity contribution >= 4 is 55.0 Å². The average molecular weight is 543 g/mol. The average Bonchev–Trinajstić information content (AvgIpc) is 3.45. The standard InChI is InChI=1S/C27H24Cl2N2O4S/c1-18-4-8-23(9-5-18)36(33,34)30(17-22-3-2-12-35-22)15-21(32)16-31-26-10-6-19(28)13-24(26)25-14-20(29)7-11-27(25)31/h2-14,21,32H,15-17H2,1H3. The first-order valence-corrected chi connectivity index (χ1v) is 13.6. The first-order chi connectivity index (χ1) is 17.2. The molecule has 2 heterocycles. The van der Waals surface area contributed by atoms with Gasteiger partial charge in [0.2, 0.25) is 10.0 Å². The third-order valence-electron chi connectivity index (χ3n) is 6.17. The molecule has 36 heavy (non-hydrogen) atoms. The van der Waals surface area contributed by atoms with E-state index in [9.17, 15) is 13.5 Å². The summed E-state index contributed by atoms with van der Waals surface area (Å²) in [7, 11) is -3.89. The van der Waals surface area contributed by atoms with Gasteiger partial charge in [0.25, 0.3) is 0 Å². The minimum atomic E-state index is -3.89. The zero-order valence-corrected chi connectivity index (χ0v) is 21.8. The number of rotatable bonds is 8. The van der Waals surface area contributed by atoms with E-state index in [1.807, 2.05) is 35.8 Å². The smallest absolute Gasteiger partial charge is 0.243 e. The molecule has 5 aromatic rings. The molecule has 186 valence electrons. The van der Waals surface area contributed by atoms with Gasteiger partial charge in [0.1, 0.15) is 5.76 Å². The van der Waals surface area contributed by atoms with Gasteiger partial charge in [-0.15, -0.1) is 0 Å². The molecule has 0 amide bonds. The largest absolute Gasteiger partial charge is 0.468 e. The first kappa shape index (κ1) is 24.9. The zero-order valence-electron chi connectivity index (χ0n) is 19.4. The summed E-state index contributed by atoms with van der Waals surface area (Å²) < 4.78 is 35.7. The van der Waals surface area contributed by atoms with Gasteiger partial charge >= 0.3 is 0 Å². The van der Waals surface area contributed by atoms with Crippen molar-refractivity contribution in [2.24, 2.45) is 0 Å². The molecule has 0 aliphatic heterocycles. The van der Waals surface area contributed by atoms with E-state index in [0.717, 1.165) is 27.4 Å². The number of hydrogen-bond acceptors (Lipinski definition) is 4. The van der Waals surface area contributed by atoms with Gasteiger partial charge in [-0.2, -0.15) is 4.31 Å². The van der Waals surface area contributed by atoms with Crippen LogP contribution in [0.3, 0.4) is 0 Å². The molecular formula is C27H24Cl2N2O4S. The molecule has 0 radical (unpaired) electrons. The van der Waals surface area contributed by atoms with Gasteiger partial charge in [0.15, 0.2) is 0 Å². The number of benzene rings is 3. The maximum atomic E-state index is 13.5. The summed E-state index contributed by atoms with van der Waals surface area (Å²) in [6, 6.07) is 21.2. The van der Waals surface area contributed by atoms with E-state index in [2.05, 4.69) is 0 Å². The number of hydrogen-bond donors (Lipinski definition) is 1. The van der Waals surface area contributed by atoms with E-state index in [-0.39, 0.29) is 24.5 Å². The molecule has 3 aromatic carbocycles. The fourth-order valence-electron chi connectivity index (χ4n) is 4.43. The predicted octanol–water partition coefficient (Wildman–Crippen LogP) is 6.25. The summed E-state index contributed by atoms with van der Waals surface area (Å²) in [6.45, 7) is 1.94. The fraction of sp³-hybridized carbons (Fsp3) is 0.185. The maximum Gasteiger partial charge on any atom is 0.243 e. The van der Waals surface area contributed by atoms with Crippen LogP contribution in [0.1, 0.15) is 11.3 Å². The molecule has 0 saturated carbocycles. The summed E-state index contributed by atoms with van der Waals surface area (Å²) in [5.74, 6) is 0.485. The number of aliphatic hydroxyl groups excluding tert-OH is 1. The Hall–Kier alpha value is -2.81. The number of aliphatic hydroxyl groups is 1. The van der Waals surface area contributed by atoms with Crippen molar-refractivity contribution in [3.8, 4) is 0 Å². The Morgan fingerprint density at radius 3 is 2.11 bits per heavy atom. The van der Waals surface area contributed by atoms with E-state index in [4.69, 9.17) is 27.6 Å². The number of fused-ring (bicyclic) bond motifs is 3. The van der Waals surface area contributed by atoms with Gasteiger partial charge in [-0.3, -0.25) is 0 Å². The number of furan rings is 1. The summed E-state index contributed by atoms with van der Waals surface area (Å²) in [5, 5.41) is 14.2. The lowest BCUT2D eigenvalue weighted by Gasteiger charge is -2.25. The number of aryl methyl sites for hydroxylation is 1. The normalized spacial score (nSPS) is 13.1. The van der Waals surface area contributed by atoms with Crippen molar-refractivity contribution in [1.29, 1.82) is 0 Å². The Balaban J connectivity index is 1.50. The van der Waals surface area contributed by atoms with Crippen molar-refractivity contribution in [3.63, 3.8) is 0 Å². The zero-order chi connectivity index (χ0) is 25.4. The molecule has 0 aliphatic carbocycles. The lowest BCUT2D eigenvalue weighted by molar-refractivity contribution is 0.126. The lowest BCUT2D eigenvalue weighted by Crippen LogP contribution is -2.38. The summed E-state index contributed by atoms with van der Waals surface area (Å²) >= 11 is 12.5. The fourth-order valence-corrected chi connectivity index (χ4v) is 6.22. The van der Waals surface area contributed by atoms with E-state index in [1.165, 1.54) is 10.6 Å². The van der Waals surface area contributed by atoms with E-state index in [1.54, 1.807) is 48.5 Å². The molecule has 1 N–H and O–H groups in total. The Labute approximate surface area is 219 Å². The number of aromatic nitrogens is 1. The monoisotopic (exact) mass is 542 g/mol. The van der Waals surface area contributed by atoms with Gasteiger partial charge in [-0.25, -0.2) is 8.42 Å². The molecule has 6 nitrogen and oxygen atoms in total. The topological polar surface area (TPSA) is 75.7 Å². The van der Waals surface area contributed by atoms with Gasteiger partial charge in [0, 0.05) is 38.4 Å². The highest BCUT2D eigenvalue weighted by Gasteiger charge is 2.28. The first-order valence-electron chi connectivity index (χ1n) is 11.4. The van der Waals surface area contributed by atoms with Crippen LogP contribution < -0.4 is 0 Å². The van der Waals surface area contributed by atoms with Crippen molar-refractivity contribution in [2.75, 3.05) is 6.54 Å². The lowest BCUT2D eigenvalue weighted by atomic mass is 10.1. The quantitative estimate of drug-likeness (QED) is 0.251. The maximum absolute atomic E-state index is 13.5. The Bertz CT molecular complexity index is 1570. The minimum absolute atomic E-state index is 0.00133. The second-order valence-corrected chi connectivity index (χ2v) is 11.6. The highest BCUT2D eigenvalue weighted by Crippen LogP contribution is 2.33. The molecule has 0 fully saturated rings. The predicted molar refractivity (Wildman–Crippen MR) is 143 cm³/mol. The molecule has 9 heteroatoms. The number of nitrogens with zero attached hydrogens (tertiary/aromatic N) is 2. The van der Waals surface area contributed by atoms with Crippen molar-refractivity contribution in [1.82, 2.24) is 8.87 Å². The van der Waals surface area contributed by atoms with Gasteiger partial charge < -0.3 is 14.1 Å². The van der Waals surface area contributed by atoms with Crippen LogP contribution >= 0.6 is 23.2 Å². The summed E-state index contributed by atoms with van der Waals surface area (Å²) in [4.78, 5) is 0.160. The van der Waals surface area contributed by atoms with Gasteiger partial charge in [0.05, 0.1) is 30.4 Å². The van der Waals surface area contributed by atoms with Crippen LogP contribution in [0, 0.1) is 6.92 Å². The second kappa shape index (κ2) is 9.92. The van der Waals surface area contributed by atoms with Crippen molar-refractivity contribution in [3.05, 3.63) is 100 Å². The minimum Gasteiger partial charge on any atom is -0.468 e. The van der Waals surface area contributed by atoms with Crippen LogP contribution in [-0.4, -0.2) is 35.0 Å². The van der Waals surface area contributed by atoms with Crippen LogP contribution in [0.5, 0.6) is 0 Å². The molecule has 2 aromatic heterocycles. The third kappa shape index (κ3) is 4.90. The van der Waals surface area contributed by atoms with Crippen LogP contribution in [0.25, 0.3) is 21.8 Å². The van der Waals surface area contributed by atoms with Crippen LogP contribution in [0.4, 0.5) is 0 Å². The van der Waals surface area contributed by atoms with Crippen molar-refractivity contribution < 1.29 is 17.9 Å². The third-order valence-corrected chi connectivity index (χ3v) is 8.46. The molecule has 0 spiro atoms. The van der Waals surface area contributed by atoms with Crippen LogP contribution in [0.15, 0.2) is 88.4 Å². The molecule has 1 unspecified atom stereocenters. The molecular weight excluding hydrogens is 519 g/mol. The molecule has 5 rings (SSSR count). The molecule has 0 saturated heterocycles. The van der Waals surface area contributed by atoms with Crippen LogP contribution in [-0.2, 0) is 23.1 Å². The molecule has 1 atom stereocenters. The van der Waals surface area contributed by atoms with Crippen molar-refractivity contribution in [2.45, 2.75) is 31.0 Å². The number of halogens is 2. The second-order valence-electron chi connectivity index (χ2n) is 8.78. The van der Waals surface area contributed by atoms with E-state index >= 15 is 0 Å². The van der Waals surface area contributed by atoms with E-state index < -0.39 is 16.1 Å². The highest BCUT2D eigenvalue weighted by molar-refractivity contribution is 7.89. The Kier molecular flexibility index (Phi) is 6.85. The highest BCUT2D eigenvalue weighted by atomic mass is 35.5. The SMILES string of the molecule is Cc1ccc(S(=O)(=O)N(Cc2ccco2)CC(O)Cn2c3ccc(Cl)cc3c3cc(Cl)ccc32)cc1. The molecule has 0 aliphatic rings. The van der Waals surface area contributed by atoms with Gasteiger partial charge in [-0.05, 0) is 67.6 Å². The van der Waals surface area contributed by atoms with Crippen LogP contribution in [0.2, 0.25) is 10.0 Å². The number of sulfonamides is 1. The molecule has 0 bridgehead atoms. The Morgan fingerprint density at radius 2 is 1.56 bits per heavy atom. The summed E-state index contributed by atoms with van der Waals surface area (Å²) in [6.07, 6.45) is 0.488. The van der Waals surface area contributed by atoms with E-state index in [0.29, 0.717) is 15.8 Å². The Morgan fingerprint density at radius 1 is 0.944 bits per heavy atom. The summed E-state index contributed by atoms with van der Waals surface area (Å²) in [5.41, 5.74) is 2.70.